The maximum Gasteiger partial charge on any atom is 0.407 e. The van der Waals surface area contributed by atoms with Crippen molar-refractivity contribution in [2.45, 2.75) is 18.8 Å². The molecule has 4 N–H and O–H groups in total. The highest BCUT2D eigenvalue weighted by Crippen LogP contribution is 2.12. The summed E-state index contributed by atoms with van der Waals surface area (Å²) >= 11 is 0. The van der Waals surface area contributed by atoms with Gasteiger partial charge < -0.3 is 25.3 Å². The largest absolute Gasteiger partial charge is 0.445 e. The van der Waals surface area contributed by atoms with Gasteiger partial charge in [-0.2, -0.15) is 0 Å². The molecule has 122 valence electrons. The van der Waals surface area contributed by atoms with Gasteiger partial charge in [-0.05, 0) is 5.56 Å². The van der Waals surface area contributed by atoms with Crippen molar-refractivity contribution < 1.29 is 19.7 Å². The van der Waals surface area contributed by atoms with E-state index in [4.69, 9.17) is 4.74 Å². The lowest BCUT2D eigenvalue weighted by Gasteiger charge is -2.18. The summed E-state index contributed by atoms with van der Waals surface area (Å²) in [7, 11) is 0. The van der Waals surface area contributed by atoms with Crippen molar-refractivity contribution in [1.82, 2.24) is 10.3 Å². The first-order valence-corrected chi connectivity index (χ1v) is 7.05. The van der Waals surface area contributed by atoms with E-state index in [0.717, 1.165) is 5.56 Å². The van der Waals surface area contributed by atoms with Crippen molar-refractivity contribution in [2.24, 2.45) is 0 Å². The molecular formula is C16H18N2O5. The Labute approximate surface area is 132 Å². The maximum absolute atomic E-state index is 11.6. The zero-order valence-corrected chi connectivity index (χ0v) is 12.3. The van der Waals surface area contributed by atoms with Gasteiger partial charge in [-0.1, -0.05) is 30.3 Å². The van der Waals surface area contributed by atoms with E-state index < -0.39 is 18.3 Å². The first-order valence-electron chi connectivity index (χ1n) is 7.05. The molecule has 1 aromatic heterocycles. The van der Waals surface area contributed by atoms with E-state index in [9.17, 15) is 19.8 Å². The van der Waals surface area contributed by atoms with Gasteiger partial charge in [0.15, 0.2) is 5.43 Å². The van der Waals surface area contributed by atoms with Crippen LogP contribution in [0.15, 0.2) is 53.5 Å². The van der Waals surface area contributed by atoms with Crippen LogP contribution in [-0.4, -0.2) is 33.9 Å². The summed E-state index contributed by atoms with van der Waals surface area (Å²) in [6.45, 7) is -0.108. The number of nitrogens with one attached hydrogen (secondary N) is 2. The third kappa shape index (κ3) is 5.24. The number of H-pyrrole nitrogens is 1. The summed E-state index contributed by atoms with van der Waals surface area (Å²) in [6, 6.07) is 11.6. The van der Waals surface area contributed by atoms with Crippen molar-refractivity contribution >= 4 is 6.09 Å². The van der Waals surface area contributed by atoms with Crippen LogP contribution >= 0.6 is 0 Å². The number of aliphatic hydroxyl groups excluding tert-OH is 2. The number of aromatic amines is 1. The highest BCUT2D eigenvalue weighted by atomic mass is 16.5. The Morgan fingerprint density at radius 3 is 2.65 bits per heavy atom. The Morgan fingerprint density at radius 2 is 1.96 bits per heavy atom. The van der Waals surface area contributed by atoms with Crippen LogP contribution in [0.5, 0.6) is 0 Å². The van der Waals surface area contributed by atoms with Crippen LogP contribution in [0.1, 0.15) is 17.4 Å². The van der Waals surface area contributed by atoms with Crippen LogP contribution in [0, 0.1) is 0 Å². The average molecular weight is 318 g/mol. The number of aromatic nitrogens is 1. The van der Waals surface area contributed by atoms with Crippen LogP contribution in [-0.2, 0) is 11.3 Å². The summed E-state index contributed by atoms with van der Waals surface area (Å²) in [6.07, 6.45) is -1.94. The molecule has 2 atom stereocenters. The average Bonchev–Trinajstić information content (AvgIpc) is 2.58. The summed E-state index contributed by atoms with van der Waals surface area (Å²) in [4.78, 5) is 25.4. The summed E-state index contributed by atoms with van der Waals surface area (Å²) in [5.74, 6) is 0. The van der Waals surface area contributed by atoms with Gasteiger partial charge in [0, 0.05) is 24.9 Å². The molecule has 1 amide bonds. The molecule has 0 radical (unpaired) electrons. The molecule has 7 heteroatoms. The fourth-order valence-electron chi connectivity index (χ4n) is 1.91. The summed E-state index contributed by atoms with van der Waals surface area (Å²) < 4.78 is 4.98. The molecule has 0 aliphatic heterocycles. The molecule has 0 fully saturated rings. The van der Waals surface area contributed by atoms with E-state index in [1.54, 1.807) is 0 Å². The zero-order chi connectivity index (χ0) is 16.7. The molecule has 2 rings (SSSR count). The van der Waals surface area contributed by atoms with E-state index in [1.807, 2.05) is 30.3 Å². The van der Waals surface area contributed by atoms with Crippen molar-refractivity contribution in [3.05, 3.63) is 70.1 Å². The number of rotatable bonds is 6. The Bertz CT molecular complexity index is 686. The van der Waals surface area contributed by atoms with Crippen LogP contribution in [0.2, 0.25) is 0 Å². The zero-order valence-electron chi connectivity index (χ0n) is 12.3. The minimum absolute atomic E-state index is 0.108. The minimum Gasteiger partial charge on any atom is -0.445 e. The van der Waals surface area contributed by atoms with Gasteiger partial charge in [0.05, 0.1) is 5.69 Å². The number of hydrogen-bond donors (Lipinski definition) is 4. The van der Waals surface area contributed by atoms with E-state index in [0.29, 0.717) is 0 Å². The maximum atomic E-state index is 11.6. The molecule has 1 aromatic carbocycles. The van der Waals surface area contributed by atoms with Gasteiger partial charge in [0.2, 0.25) is 0 Å². The summed E-state index contributed by atoms with van der Waals surface area (Å²) in [5, 5.41) is 22.1. The molecule has 0 aliphatic rings. The first-order chi connectivity index (χ1) is 11.1. The van der Waals surface area contributed by atoms with Crippen LogP contribution in [0.25, 0.3) is 0 Å². The number of alkyl carbamates (subject to hydrolysis) is 1. The van der Waals surface area contributed by atoms with E-state index >= 15 is 0 Å². The molecule has 2 unspecified atom stereocenters. The second kappa shape index (κ2) is 8.11. The normalized spacial score (nSPS) is 13.1. The van der Waals surface area contributed by atoms with Crippen LogP contribution in [0.3, 0.4) is 0 Å². The van der Waals surface area contributed by atoms with Crippen molar-refractivity contribution in [3.63, 3.8) is 0 Å². The number of aliphatic hydroxyl groups is 2. The van der Waals surface area contributed by atoms with Gasteiger partial charge >= 0.3 is 6.09 Å². The molecule has 23 heavy (non-hydrogen) atoms. The topological polar surface area (TPSA) is 112 Å². The molecule has 7 nitrogen and oxygen atoms in total. The number of carbonyl (C=O) groups excluding carboxylic acids is 1. The Hall–Kier alpha value is -2.64. The van der Waals surface area contributed by atoms with E-state index in [1.165, 1.54) is 18.3 Å². The third-order valence-electron chi connectivity index (χ3n) is 3.15. The summed E-state index contributed by atoms with van der Waals surface area (Å²) in [5.41, 5.74) is 0.717. The number of carbonyl (C=O) groups is 1. The number of ether oxygens (including phenoxy) is 1. The SMILES string of the molecule is O=C(NCC(O)C(O)c1cc(=O)cc[nH]1)OCc1ccccc1. The third-order valence-corrected chi connectivity index (χ3v) is 3.15. The lowest BCUT2D eigenvalue weighted by atomic mass is 10.1. The Kier molecular flexibility index (Phi) is 5.90. The van der Waals surface area contributed by atoms with Gasteiger partial charge in [-0.15, -0.1) is 0 Å². The number of hydrogen-bond acceptors (Lipinski definition) is 5. The first kappa shape index (κ1) is 16.7. The number of benzene rings is 1. The molecule has 0 saturated heterocycles. The van der Waals surface area contributed by atoms with Crippen molar-refractivity contribution in [2.75, 3.05) is 6.54 Å². The lowest BCUT2D eigenvalue weighted by Crippen LogP contribution is -2.36. The molecule has 0 aliphatic carbocycles. The van der Waals surface area contributed by atoms with Gasteiger partial charge in [0.1, 0.15) is 18.8 Å². The quantitative estimate of drug-likeness (QED) is 0.626. The predicted molar refractivity (Wildman–Crippen MR) is 82.7 cm³/mol. The van der Waals surface area contributed by atoms with Gasteiger partial charge in [-0.3, -0.25) is 4.79 Å². The second-order valence-electron chi connectivity index (χ2n) is 4.93. The monoisotopic (exact) mass is 318 g/mol. The molecular weight excluding hydrogens is 300 g/mol. The molecule has 0 bridgehead atoms. The van der Waals surface area contributed by atoms with Crippen molar-refractivity contribution in [3.8, 4) is 0 Å². The van der Waals surface area contributed by atoms with E-state index in [-0.39, 0.29) is 24.3 Å². The standard InChI is InChI=1S/C16H18N2O5/c19-12-6-7-17-13(8-12)15(21)14(20)9-18-16(22)23-10-11-4-2-1-3-5-11/h1-8,14-15,20-21H,9-10H2,(H,17,19)(H,18,22). The molecule has 1 heterocycles. The molecule has 0 saturated carbocycles. The Morgan fingerprint density at radius 1 is 1.22 bits per heavy atom. The van der Waals surface area contributed by atoms with Crippen LogP contribution in [0.4, 0.5) is 4.79 Å². The fraction of sp³-hybridized carbons (Fsp3) is 0.250. The number of amides is 1. The highest BCUT2D eigenvalue weighted by molar-refractivity contribution is 5.67. The predicted octanol–water partition coefficient (Wildman–Crippen LogP) is 0.696. The Balaban J connectivity index is 1.78. The lowest BCUT2D eigenvalue weighted by molar-refractivity contribution is 0.0159. The minimum atomic E-state index is -1.32. The number of pyridine rings is 1. The van der Waals surface area contributed by atoms with Gasteiger partial charge in [0.25, 0.3) is 0 Å². The molecule has 2 aromatic rings. The van der Waals surface area contributed by atoms with E-state index in [2.05, 4.69) is 10.3 Å². The fourth-order valence-corrected chi connectivity index (χ4v) is 1.91. The van der Waals surface area contributed by atoms with Crippen molar-refractivity contribution in [1.29, 1.82) is 0 Å². The second-order valence-corrected chi connectivity index (χ2v) is 4.93. The smallest absolute Gasteiger partial charge is 0.407 e. The molecule has 0 spiro atoms. The van der Waals surface area contributed by atoms with Crippen LogP contribution < -0.4 is 10.7 Å². The highest BCUT2D eigenvalue weighted by Gasteiger charge is 2.20. The van der Waals surface area contributed by atoms with Gasteiger partial charge in [-0.25, -0.2) is 4.79 Å².